The van der Waals surface area contributed by atoms with Crippen molar-refractivity contribution in [3.8, 4) is 0 Å². The van der Waals surface area contributed by atoms with Crippen LogP contribution in [0, 0.1) is 0 Å². The fraction of sp³-hybridized carbons (Fsp3) is 0.0588. The number of aromatic nitrogens is 1. The second kappa shape index (κ2) is 3.82. The van der Waals surface area contributed by atoms with E-state index in [1.807, 2.05) is 30.3 Å². The average Bonchev–Trinajstić information content (AvgIpc) is 2.80. The molecule has 2 aromatic carbocycles. The van der Waals surface area contributed by atoms with Crippen LogP contribution in [0.15, 0.2) is 52.1 Å². The van der Waals surface area contributed by atoms with Gasteiger partial charge in [-0.3, -0.25) is 14.0 Å². The Bertz CT molecular complexity index is 1180. The van der Waals surface area contributed by atoms with Crippen LogP contribution in [-0.2, 0) is 0 Å². The predicted octanol–water partition coefficient (Wildman–Crippen LogP) is 0.611. The molecule has 0 aliphatic rings. The highest BCUT2D eigenvalue weighted by Gasteiger charge is 2.15. The van der Waals surface area contributed by atoms with Crippen molar-refractivity contribution in [2.75, 3.05) is 0 Å². The van der Waals surface area contributed by atoms with Gasteiger partial charge in [-0.2, -0.15) is 0 Å². The van der Waals surface area contributed by atoms with Gasteiger partial charge in [0.25, 0.3) is 5.56 Å². The second-order valence-electron chi connectivity index (χ2n) is 5.12. The summed E-state index contributed by atoms with van der Waals surface area (Å²) in [6.45, 7) is 1.25. The van der Waals surface area contributed by atoms with E-state index in [4.69, 9.17) is 0 Å². The Morgan fingerprint density at radius 2 is 1.62 bits per heavy atom. The van der Waals surface area contributed by atoms with Crippen molar-refractivity contribution in [2.24, 2.45) is 0 Å². The summed E-state index contributed by atoms with van der Waals surface area (Å²) >= 11 is 0. The van der Waals surface area contributed by atoms with Crippen molar-refractivity contribution >= 4 is 33.0 Å². The lowest BCUT2D eigenvalue weighted by Crippen LogP contribution is -2.45. The van der Waals surface area contributed by atoms with Crippen molar-refractivity contribution in [1.29, 1.82) is 0 Å². The Balaban J connectivity index is 2.60. The molecule has 4 aromatic rings. The van der Waals surface area contributed by atoms with Gasteiger partial charge in [-0.15, -0.1) is 5.76 Å². The van der Waals surface area contributed by atoms with E-state index in [0.717, 1.165) is 16.3 Å². The maximum absolute atomic E-state index is 12.6. The average molecular weight is 276 g/mol. The molecule has 2 aromatic heterocycles. The van der Waals surface area contributed by atoms with E-state index >= 15 is 0 Å². The van der Waals surface area contributed by atoms with Crippen LogP contribution in [-0.4, -0.2) is 4.40 Å². The number of rotatable bonds is 0. The van der Waals surface area contributed by atoms with Gasteiger partial charge in [-0.1, -0.05) is 37.3 Å². The van der Waals surface area contributed by atoms with Crippen LogP contribution in [0.4, 0.5) is 0 Å². The molecule has 0 saturated carbocycles. The SMILES string of the molecule is C/C([O-])=c1\c(=O)c2cccc3c4ccccc4n(c1=O)c23. The normalized spacial score (nSPS) is 13.4. The third-order valence-electron chi connectivity index (χ3n) is 3.94. The largest absolute Gasteiger partial charge is 0.875 e. The molecule has 0 spiro atoms. The minimum atomic E-state index is -0.530. The monoisotopic (exact) mass is 276 g/mol. The lowest BCUT2D eigenvalue weighted by atomic mass is 10.1. The molecule has 4 nitrogen and oxygen atoms in total. The van der Waals surface area contributed by atoms with Crippen molar-refractivity contribution in [3.05, 3.63) is 68.3 Å². The Hall–Kier alpha value is -2.88. The number of pyridine rings is 1. The Morgan fingerprint density at radius 3 is 2.38 bits per heavy atom. The molecule has 0 amide bonds. The summed E-state index contributed by atoms with van der Waals surface area (Å²) in [5.74, 6) is -0.495. The van der Waals surface area contributed by atoms with Crippen LogP contribution < -0.4 is 21.3 Å². The summed E-state index contributed by atoms with van der Waals surface area (Å²) in [7, 11) is 0. The van der Waals surface area contributed by atoms with Crippen molar-refractivity contribution in [1.82, 2.24) is 4.40 Å². The molecule has 0 bridgehead atoms. The zero-order valence-corrected chi connectivity index (χ0v) is 11.2. The predicted molar refractivity (Wildman–Crippen MR) is 80.4 cm³/mol. The van der Waals surface area contributed by atoms with Gasteiger partial charge in [0.05, 0.1) is 16.3 Å². The van der Waals surface area contributed by atoms with Gasteiger partial charge < -0.3 is 5.11 Å². The molecule has 0 atom stereocenters. The Kier molecular flexibility index (Phi) is 2.17. The molecule has 0 N–H and O–H groups in total. The maximum Gasteiger partial charge on any atom is 0.265 e. The molecule has 102 valence electrons. The quantitative estimate of drug-likeness (QED) is 0.473. The van der Waals surface area contributed by atoms with Gasteiger partial charge in [0.1, 0.15) is 0 Å². The number of para-hydroxylation sites is 2. The third kappa shape index (κ3) is 1.34. The highest BCUT2D eigenvalue weighted by Crippen LogP contribution is 2.28. The molecule has 0 radical (unpaired) electrons. The van der Waals surface area contributed by atoms with Gasteiger partial charge in [-0.25, -0.2) is 0 Å². The zero-order valence-electron chi connectivity index (χ0n) is 11.2. The summed E-state index contributed by atoms with van der Waals surface area (Å²) in [5.41, 5.74) is 0.306. The lowest BCUT2D eigenvalue weighted by Gasteiger charge is -2.05. The molecular weight excluding hydrogens is 266 g/mol. The van der Waals surface area contributed by atoms with Crippen molar-refractivity contribution in [3.63, 3.8) is 0 Å². The van der Waals surface area contributed by atoms with Crippen LogP contribution in [0.25, 0.3) is 33.0 Å². The van der Waals surface area contributed by atoms with Crippen LogP contribution in [0.3, 0.4) is 0 Å². The highest BCUT2D eigenvalue weighted by atomic mass is 16.3. The molecule has 0 fully saturated rings. The van der Waals surface area contributed by atoms with Gasteiger partial charge in [0.2, 0.25) is 0 Å². The minimum absolute atomic E-state index is 0.267. The number of fused-ring (bicyclic) bond motifs is 3. The fourth-order valence-electron chi connectivity index (χ4n) is 3.07. The summed E-state index contributed by atoms with van der Waals surface area (Å²) in [5, 5.41) is 13.6. The van der Waals surface area contributed by atoms with Crippen LogP contribution in [0.5, 0.6) is 0 Å². The maximum atomic E-state index is 12.6. The van der Waals surface area contributed by atoms with Gasteiger partial charge >= 0.3 is 0 Å². The standard InChI is InChI=1S/C17H11NO3/c1-9(19)14-16(20)12-7-4-6-11-10-5-2-3-8-13(10)18(15(11)12)17(14)21/h2-8,19H,1H3/p-1/b14-9-. The smallest absolute Gasteiger partial charge is 0.265 e. The van der Waals surface area contributed by atoms with E-state index in [-0.39, 0.29) is 5.22 Å². The van der Waals surface area contributed by atoms with Crippen LogP contribution >= 0.6 is 0 Å². The Labute approximate surface area is 118 Å². The zero-order chi connectivity index (χ0) is 14.7. The third-order valence-corrected chi connectivity index (χ3v) is 3.94. The first-order valence-corrected chi connectivity index (χ1v) is 6.60. The van der Waals surface area contributed by atoms with E-state index in [9.17, 15) is 14.7 Å². The van der Waals surface area contributed by atoms with Gasteiger partial charge in [0.15, 0.2) is 5.43 Å². The highest BCUT2D eigenvalue weighted by molar-refractivity contribution is 6.13. The number of nitrogens with zero attached hydrogens (tertiary/aromatic N) is 1. The van der Waals surface area contributed by atoms with E-state index in [2.05, 4.69) is 0 Å². The molecule has 0 aliphatic carbocycles. The van der Waals surface area contributed by atoms with Crippen molar-refractivity contribution < 1.29 is 5.11 Å². The molecule has 0 aliphatic heterocycles. The summed E-state index contributed by atoms with van der Waals surface area (Å²) in [4.78, 5) is 25.1. The molecule has 0 unspecified atom stereocenters. The van der Waals surface area contributed by atoms with E-state index < -0.39 is 16.7 Å². The van der Waals surface area contributed by atoms with Gasteiger partial charge in [0, 0.05) is 16.2 Å². The molecular formula is C17H10NO3-. The van der Waals surface area contributed by atoms with Gasteiger partial charge in [-0.05, 0) is 12.1 Å². The first-order valence-electron chi connectivity index (χ1n) is 6.60. The molecule has 21 heavy (non-hydrogen) atoms. The fourth-order valence-corrected chi connectivity index (χ4v) is 3.07. The second-order valence-corrected chi connectivity index (χ2v) is 5.12. The minimum Gasteiger partial charge on any atom is -0.875 e. The molecule has 0 saturated heterocycles. The summed E-state index contributed by atoms with van der Waals surface area (Å²) < 4.78 is 1.48. The molecule has 4 heteroatoms. The summed E-state index contributed by atoms with van der Waals surface area (Å²) in [6.07, 6.45) is 0. The number of hydrogen-bond donors (Lipinski definition) is 0. The van der Waals surface area contributed by atoms with Crippen LogP contribution in [0.2, 0.25) is 0 Å². The topological polar surface area (TPSA) is 61.6 Å². The molecule has 4 rings (SSSR count). The first-order chi connectivity index (χ1) is 10.1. The van der Waals surface area contributed by atoms with Crippen molar-refractivity contribution in [2.45, 2.75) is 6.92 Å². The first kappa shape index (κ1) is 11.9. The van der Waals surface area contributed by atoms with E-state index in [1.165, 1.54) is 11.3 Å². The molecule has 2 heterocycles. The van der Waals surface area contributed by atoms with E-state index in [0.29, 0.717) is 10.9 Å². The number of benzene rings is 2. The number of hydrogen-bond acceptors (Lipinski definition) is 3. The lowest BCUT2D eigenvalue weighted by molar-refractivity contribution is -0.248. The summed E-state index contributed by atoms with van der Waals surface area (Å²) in [6, 6.07) is 12.8. The Morgan fingerprint density at radius 1 is 0.952 bits per heavy atom. The van der Waals surface area contributed by atoms with Crippen LogP contribution in [0.1, 0.15) is 6.92 Å². The van der Waals surface area contributed by atoms with E-state index in [1.54, 1.807) is 12.1 Å².